The summed E-state index contributed by atoms with van der Waals surface area (Å²) in [5, 5.41) is 29.2. The van der Waals surface area contributed by atoms with Gasteiger partial charge in [0.25, 0.3) is 5.69 Å². The van der Waals surface area contributed by atoms with Gasteiger partial charge in [0.05, 0.1) is 10.6 Å². The summed E-state index contributed by atoms with van der Waals surface area (Å²) in [4.78, 5) is 14.0. The Labute approximate surface area is 132 Å². The van der Waals surface area contributed by atoms with E-state index in [9.17, 15) is 10.1 Å². The number of aryl methyl sites for hydroxylation is 1. The van der Waals surface area contributed by atoms with Crippen LogP contribution in [-0.2, 0) is 6.42 Å². The van der Waals surface area contributed by atoms with Crippen molar-refractivity contribution >= 4 is 17.3 Å². The number of aromatic amines is 1. The second-order valence-corrected chi connectivity index (χ2v) is 4.97. The lowest BCUT2D eigenvalue weighted by Crippen LogP contribution is -2.03. The van der Waals surface area contributed by atoms with Crippen molar-refractivity contribution in [2.24, 2.45) is 0 Å². The highest BCUT2D eigenvalue weighted by Crippen LogP contribution is 2.15. The van der Waals surface area contributed by atoms with Crippen LogP contribution in [0.1, 0.15) is 30.5 Å². The van der Waals surface area contributed by atoms with E-state index in [1.54, 1.807) is 6.07 Å². The summed E-state index contributed by atoms with van der Waals surface area (Å²) >= 11 is 0. The number of pyridine rings is 1. The van der Waals surface area contributed by atoms with E-state index in [1.165, 1.54) is 12.3 Å². The first-order chi connectivity index (χ1) is 11.1. The number of nitro groups is 1. The normalized spacial score (nSPS) is 10.2. The number of nitrogen functional groups attached to an aromatic ring is 1. The Kier molecular flexibility index (Phi) is 5.46. The number of rotatable bonds is 8. The van der Waals surface area contributed by atoms with Gasteiger partial charge in [-0.2, -0.15) is 10.4 Å². The van der Waals surface area contributed by atoms with Crippen LogP contribution >= 0.6 is 0 Å². The number of anilines is 2. The van der Waals surface area contributed by atoms with E-state index < -0.39 is 4.92 Å². The minimum Gasteiger partial charge on any atom is -0.381 e. The number of unbranched alkanes of at least 4 members (excludes halogenated alkanes) is 2. The molecule has 120 valence electrons. The summed E-state index contributed by atoms with van der Waals surface area (Å²) in [5.74, 6) is 0.858. The lowest BCUT2D eigenvalue weighted by molar-refractivity contribution is -0.385. The molecule has 0 aliphatic heterocycles. The van der Waals surface area contributed by atoms with Gasteiger partial charge < -0.3 is 11.1 Å². The molecule has 0 atom stereocenters. The molecule has 2 rings (SSSR count). The first kappa shape index (κ1) is 16.2. The number of hydrogen-bond acceptors (Lipinski definition) is 7. The Balaban J connectivity index is 1.66. The summed E-state index contributed by atoms with van der Waals surface area (Å²) in [5.41, 5.74) is 6.75. The lowest BCUT2D eigenvalue weighted by atomic mass is 10.1. The molecule has 0 bridgehead atoms. The molecule has 0 spiro atoms. The highest BCUT2D eigenvalue weighted by Gasteiger charge is 2.09. The van der Waals surface area contributed by atoms with Gasteiger partial charge in [0.1, 0.15) is 23.6 Å². The molecule has 9 heteroatoms. The van der Waals surface area contributed by atoms with Gasteiger partial charge in [-0.3, -0.25) is 15.2 Å². The van der Waals surface area contributed by atoms with Gasteiger partial charge in [-0.1, -0.05) is 6.42 Å². The molecule has 2 aromatic heterocycles. The van der Waals surface area contributed by atoms with Crippen molar-refractivity contribution in [3.63, 3.8) is 0 Å². The maximum Gasteiger partial charge on any atom is 0.287 e. The number of nitrogens with one attached hydrogen (secondary N) is 2. The minimum atomic E-state index is -0.478. The molecule has 9 nitrogen and oxygen atoms in total. The third kappa shape index (κ3) is 4.41. The zero-order chi connectivity index (χ0) is 16.7. The molecule has 0 fully saturated rings. The second kappa shape index (κ2) is 7.74. The fraction of sp³-hybridized carbons (Fsp3) is 0.357. The second-order valence-electron chi connectivity index (χ2n) is 4.97. The first-order valence-corrected chi connectivity index (χ1v) is 7.19. The van der Waals surface area contributed by atoms with E-state index in [1.807, 2.05) is 6.07 Å². The van der Waals surface area contributed by atoms with Crippen LogP contribution in [0.3, 0.4) is 0 Å². The standard InChI is InChI=1S/C14H17N7O2/c15-8-11-12(19-20-14(11)16)4-2-1-3-7-17-13-6-5-10(9-18-13)21(22)23/h5-6,9H,1-4,7H2,(H,17,18)(H3,16,19,20). The molecule has 0 aliphatic rings. The van der Waals surface area contributed by atoms with Crippen LogP contribution in [0.25, 0.3) is 0 Å². The van der Waals surface area contributed by atoms with Crippen molar-refractivity contribution in [2.75, 3.05) is 17.6 Å². The van der Waals surface area contributed by atoms with E-state index in [4.69, 9.17) is 11.0 Å². The Morgan fingerprint density at radius 2 is 2.22 bits per heavy atom. The zero-order valence-corrected chi connectivity index (χ0v) is 12.5. The molecule has 0 radical (unpaired) electrons. The summed E-state index contributed by atoms with van der Waals surface area (Å²) in [7, 11) is 0. The van der Waals surface area contributed by atoms with Gasteiger partial charge in [-0.05, 0) is 25.3 Å². The molecular weight excluding hydrogens is 298 g/mol. The highest BCUT2D eigenvalue weighted by molar-refractivity contribution is 5.50. The van der Waals surface area contributed by atoms with Gasteiger partial charge >= 0.3 is 0 Å². The van der Waals surface area contributed by atoms with Crippen molar-refractivity contribution < 1.29 is 4.92 Å². The van der Waals surface area contributed by atoms with Crippen LogP contribution < -0.4 is 11.1 Å². The summed E-state index contributed by atoms with van der Waals surface area (Å²) in [6, 6.07) is 5.05. The van der Waals surface area contributed by atoms with Crippen LogP contribution in [0, 0.1) is 21.4 Å². The highest BCUT2D eigenvalue weighted by atomic mass is 16.6. The maximum atomic E-state index is 10.5. The Hall–Kier alpha value is -3.15. The number of aromatic nitrogens is 3. The van der Waals surface area contributed by atoms with Crippen LogP contribution in [0.15, 0.2) is 18.3 Å². The van der Waals surface area contributed by atoms with Crippen molar-refractivity contribution in [1.82, 2.24) is 15.2 Å². The number of H-pyrrole nitrogens is 1. The Morgan fingerprint density at radius 3 is 2.87 bits per heavy atom. The fourth-order valence-electron chi connectivity index (χ4n) is 2.12. The SMILES string of the molecule is N#Cc1c(N)n[nH]c1CCCCCNc1ccc([N+](=O)[O-])cn1. The predicted octanol–water partition coefficient (Wildman–Crippen LogP) is 1.99. The topological polar surface area (TPSA) is 147 Å². The summed E-state index contributed by atoms with van der Waals surface area (Å²) in [6.45, 7) is 0.723. The minimum absolute atomic E-state index is 0.0253. The smallest absolute Gasteiger partial charge is 0.287 e. The van der Waals surface area contributed by atoms with Crippen molar-refractivity contribution in [1.29, 1.82) is 5.26 Å². The molecule has 0 aliphatic carbocycles. The molecule has 0 saturated heterocycles. The molecule has 2 heterocycles. The molecular formula is C14H17N7O2. The van der Waals surface area contributed by atoms with Crippen LogP contribution in [0.4, 0.5) is 17.3 Å². The molecule has 0 amide bonds. The van der Waals surface area contributed by atoms with Gasteiger partial charge in [-0.15, -0.1) is 0 Å². The van der Waals surface area contributed by atoms with Crippen LogP contribution in [-0.4, -0.2) is 26.6 Å². The molecule has 0 aromatic carbocycles. The largest absolute Gasteiger partial charge is 0.381 e. The van der Waals surface area contributed by atoms with E-state index in [2.05, 4.69) is 20.5 Å². The van der Waals surface area contributed by atoms with E-state index in [0.29, 0.717) is 11.4 Å². The van der Waals surface area contributed by atoms with E-state index in [-0.39, 0.29) is 11.5 Å². The average molecular weight is 315 g/mol. The van der Waals surface area contributed by atoms with E-state index >= 15 is 0 Å². The number of nitrogens with zero attached hydrogens (tertiary/aromatic N) is 4. The molecule has 2 aromatic rings. The zero-order valence-electron chi connectivity index (χ0n) is 12.5. The van der Waals surface area contributed by atoms with Crippen molar-refractivity contribution in [3.05, 3.63) is 39.7 Å². The van der Waals surface area contributed by atoms with Gasteiger partial charge in [0.15, 0.2) is 5.82 Å². The van der Waals surface area contributed by atoms with Crippen LogP contribution in [0.5, 0.6) is 0 Å². The molecule has 0 unspecified atom stereocenters. The Bertz CT molecular complexity index is 703. The quantitative estimate of drug-likeness (QED) is 0.383. The van der Waals surface area contributed by atoms with Crippen molar-refractivity contribution in [2.45, 2.75) is 25.7 Å². The van der Waals surface area contributed by atoms with Gasteiger partial charge in [0, 0.05) is 12.6 Å². The van der Waals surface area contributed by atoms with Gasteiger partial charge in [-0.25, -0.2) is 4.98 Å². The van der Waals surface area contributed by atoms with E-state index in [0.717, 1.165) is 37.9 Å². The van der Waals surface area contributed by atoms with Crippen molar-refractivity contribution in [3.8, 4) is 6.07 Å². The number of nitrogens with two attached hydrogens (primary N) is 1. The van der Waals surface area contributed by atoms with Gasteiger partial charge in [0.2, 0.25) is 0 Å². The third-order valence-electron chi connectivity index (χ3n) is 3.35. The number of nitriles is 1. The van der Waals surface area contributed by atoms with Crippen LogP contribution in [0.2, 0.25) is 0 Å². The lowest BCUT2D eigenvalue weighted by Gasteiger charge is -2.05. The fourth-order valence-corrected chi connectivity index (χ4v) is 2.12. The summed E-state index contributed by atoms with van der Waals surface area (Å²) in [6.07, 6.45) is 4.75. The molecule has 0 saturated carbocycles. The average Bonchev–Trinajstić information content (AvgIpc) is 2.91. The maximum absolute atomic E-state index is 10.5. The number of hydrogen-bond donors (Lipinski definition) is 3. The predicted molar refractivity (Wildman–Crippen MR) is 84.7 cm³/mol. The summed E-state index contributed by atoms with van der Waals surface area (Å²) < 4.78 is 0. The Morgan fingerprint density at radius 1 is 1.39 bits per heavy atom. The molecule has 4 N–H and O–H groups in total. The third-order valence-corrected chi connectivity index (χ3v) is 3.35. The molecule has 23 heavy (non-hydrogen) atoms. The monoisotopic (exact) mass is 315 g/mol. The first-order valence-electron chi connectivity index (χ1n) is 7.19.